The standard InChI is InChI=1S/C22H27N3O3/c1-17-6-5-10-23-20(17)21(26)25-11-9-22(27,18-7-3-2-4-8-18)19(16-25)24-12-14-28-15-13-24/h2-8,10,19,27H,9,11-16H2,1H3/t19-,22+/m1/s1. The summed E-state index contributed by atoms with van der Waals surface area (Å²) in [6.45, 7) is 5.68. The van der Waals surface area contributed by atoms with E-state index in [0.29, 0.717) is 38.4 Å². The number of amides is 1. The van der Waals surface area contributed by atoms with Gasteiger partial charge in [-0.05, 0) is 30.5 Å². The van der Waals surface area contributed by atoms with Gasteiger partial charge in [0.2, 0.25) is 0 Å². The van der Waals surface area contributed by atoms with E-state index in [0.717, 1.165) is 24.2 Å². The molecule has 0 aliphatic carbocycles. The molecule has 2 atom stereocenters. The lowest BCUT2D eigenvalue weighted by atomic mass is 9.79. The molecule has 0 radical (unpaired) electrons. The molecule has 0 spiro atoms. The zero-order valence-electron chi connectivity index (χ0n) is 16.3. The fraction of sp³-hybridized carbons (Fsp3) is 0.455. The van der Waals surface area contributed by atoms with Gasteiger partial charge in [0.15, 0.2) is 0 Å². The highest BCUT2D eigenvalue weighted by molar-refractivity contribution is 5.93. The molecule has 2 aliphatic rings. The largest absolute Gasteiger partial charge is 0.383 e. The smallest absolute Gasteiger partial charge is 0.272 e. The number of aromatic nitrogens is 1. The third-order valence-corrected chi connectivity index (χ3v) is 5.97. The second kappa shape index (κ2) is 7.99. The summed E-state index contributed by atoms with van der Waals surface area (Å²) in [5.41, 5.74) is 1.29. The van der Waals surface area contributed by atoms with E-state index in [1.807, 2.05) is 54.3 Å². The van der Waals surface area contributed by atoms with Crippen LogP contribution in [0.25, 0.3) is 0 Å². The van der Waals surface area contributed by atoms with E-state index < -0.39 is 5.60 Å². The van der Waals surface area contributed by atoms with Crippen LogP contribution < -0.4 is 0 Å². The minimum atomic E-state index is -0.992. The number of piperidine rings is 1. The molecule has 1 N–H and O–H groups in total. The Morgan fingerprint density at radius 2 is 1.89 bits per heavy atom. The fourth-order valence-corrected chi connectivity index (χ4v) is 4.34. The summed E-state index contributed by atoms with van der Waals surface area (Å²) in [6.07, 6.45) is 2.15. The summed E-state index contributed by atoms with van der Waals surface area (Å²) in [4.78, 5) is 21.5. The number of pyridine rings is 1. The van der Waals surface area contributed by atoms with Gasteiger partial charge >= 0.3 is 0 Å². The van der Waals surface area contributed by atoms with Crippen LogP contribution in [0.1, 0.15) is 28.0 Å². The minimum Gasteiger partial charge on any atom is -0.383 e. The molecule has 2 saturated heterocycles. The van der Waals surface area contributed by atoms with Crippen LogP contribution in [0.2, 0.25) is 0 Å². The number of hydrogen-bond donors (Lipinski definition) is 1. The summed E-state index contributed by atoms with van der Waals surface area (Å²) < 4.78 is 5.51. The summed E-state index contributed by atoms with van der Waals surface area (Å²) in [5, 5.41) is 11.7. The number of hydrogen-bond acceptors (Lipinski definition) is 5. The van der Waals surface area contributed by atoms with Crippen molar-refractivity contribution in [2.75, 3.05) is 39.4 Å². The van der Waals surface area contributed by atoms with E-state index in [4.69, 9.17) is 4.74 Å². The van der Waals surface area contributed by atoms with Gasteiger partial charge in [0, 0.05) is 32.4 Å². The summed E-state index contributed by atoms with van der Waals surface area (Å²) >= 11 is 0. The van der Waals surface area contributed by atoms with Gasteiger partial charge in [0.25, 0.3) is 5.91 Å². The number of morpholine rings is 1. The van der Waals surface area contributed by atoms with Gasteiger partial charge in [0.1, 0.15) is 11.3 Å². The van der Waals surface area contributed by atoms with Crippen molar-refractivity contribution in [2.24, 2.45) is 0 Å². The summed E-state index contributed by atoms with van der Waals surface area (Å²) in [5.74, 6) is -0.0635. The average molecular weight is 381 g/mol. The molecule has 2 aliphatic heterocycles. The molecule has 1 aromatic carbocycles. The van der Waals surface area contributed by atoms with Gasteiger partial charge in [-0.3, -0.25) is 14.7 Å². The van der Waals surface area contributed by atoms with Crippen LogP contribution in [0.3, 0.4) is 0 Å². The van der Waals surface area contributed by atoms with E-state index in [2.05, 4.69) is 9.88 Å². The van der Waals surface area contributed by atoms with E-state index in [1.165, 1.54) is 0 Å². The van der Waals surface area contributed by atoms with Crippen LogP contribution >= 0.6 is 0 Å². The molecular weight excluding hydrogens is 354 g/mol. The second-order valence-corrected chi connectivity index (χ2v) is 7.62. The molecule has 6 nitrogen and oxygen atoms in total. The SMILES string of the molecule is Cc1cccnc1C(=O)N1CC[C@](O)(c2ccccc2)[C@H](N2CCOCC2)C1. The maximum Gasteiger partial charge on any atom is 0.272 e. The number of aryl methyl sites for hydroxylation is 1. The Balaban J connectivity index is 1.63. The fourth-order valence-electron chi connectivity index (χ4n) is 4.34. The minimum absolute atomic E-state index is 0.0635. The first-order chi connectivity index (χ1) is 13.6. The average Bonchev–Trinajstić information content (AvgIpc) is 2.75. The number of ether oxygens (including phenoxy) is 1. The number of benzene rings is 1. The van der Waals surface area contributed by atoms with E-state index in [1.54, 1.807) is 6.20 Å². The van der Waals surface area contributed by atoms with E-state index in [9.17, 15) is 9.90 Å². The second-order valence-electron chi connectivity index (χ2n) is 7.62. The Morgan fingerprint density at radius 3 is 2.61 bits per heavy atom. The third kappa shape index (κ3) is 3.55. The van der Waals surface area contributed by atoms with Crippen LogP contribution in [0.4, 0.5) is 0 Å². The maximum absolute atomic E-state index is 13.1. The van der Waals surface area contributed by atoms with Gasteiger partial charge in [-0.1, -0.05) is 36.4 Å². The van der Waals surface area contributed by atoms with E-state index in [-0.39, 0.29) is 11.9 Å². The molecular formula is C22H27N3O3. The lowest BCUT2D eigenvalue weighted by Gasteiger charge is -2.50. The molecule has 4 rings (SSSR count). The van der Waals surface area contributed by atoms with Crippen molar-refractivity contribution < 1.29 is 14.6 Å². The lowest BCUT2D eigenvalue weighted by Crippen LogP contribution is -2.63. The molecule has 1 aromatic heterocycles. The van der Waals surface area contributed by atoms with Crippen molar-refractivity contribution in [3.05, 3.63) is 65.5 Å². The molecule has 2 fully saturated rings. The van der Waals surface area contributed by atoms with Crippen molar-refractivity contribution in [3.8, 4) is 0 Å². The van der Waals surface area contributed by atoms with Gasteiger partial charge in [-0.25, -0.2) is 0 Å². The van der Waals surface area contributed by atoms with Gasteiger partial charge in [-0.2, -0.15) is 0 Å². The van der Waals surface area contributed by atoms with Crippen molar-refractivity contribution >= 4 is 5.91 Å². The van der Waals surface area contributed by atoms with Gasteiger partial charge in [0.05, 0.1) is 19.3 Å². The quantitative estimate of drug-likeness (QED) is 0.879. The highest BCUT2D eigenvalue weighted by Gasteiger charge is 2.47. The normalized spacial score (nSPS) is 26.2. The van der Waals surface area contributed by atoms with Gasteiger partial charge < -0.3 is 14.7 Å². The Hall–Kier alpha value is -2.28. The summed E-state index contributed by atoms with van der Waals surface area (Å²) in [6, 6.07) is 13.4. The van der Waals surface area contributed by atoms with Crippen LogP contribution in [-0.4, -0.2) is 71.2 Å². The van der Waals surface area contributed by atoms with Crippen LogP contribution in [0.5, 0.6) is 0 Å². The van der Waals surface area contributed by atoms with Crippen molar-refractivity contribution in [3.63, 3.8) is 0 Å². The molecule has 0 unspecified atom stereocenters. The molecule has 148 valence electrons. The molecule has 28 heavy (non-hydrogen) atoms. The molecule has 6 heteroatoms. The first kappa shape index (κ1) is 19.1. The monoisotopic (exact) mass is 381 g/mol. The number of carbonyl (C=O) groups excluding carboxylic acids is 1. The number of carbonyl (C=O) groups is 1. The molecule has 0 saturated carbocycles. The Kier molecular flexibility index (Phi) is 5.44. The first-order valence-corrected chi connectivity index (χ1v) is 9.90. The molecule has 3 heterocycles. The molecule has 1 amide bonds. The van der Waals surface area contributed by atoms with Crippen LogP contribution in [0, 0.1) is 6.92 Å². The number of rotatable bonds is 3. The Labute approximate surface area is 165 Å². The van der Waals surface area contributed by atoms with Crippen molar-refractivity contribution in [1.82, 2.24) is 14.8 Å². The topological polar surface area (TPSA) is 65.9 Å². The van der Waals surface area contributed by atoms with Crippen molar-refractivity contribution in [2.45, 2.75) is 25.0 Å². The maximum atomic E-state index is 13.1. The highest BCUT2D eigenvalue weighted by Crippen LogP contribution is 2.36. The predicted molar refractivity (Wildman–Crippen MR) is 106 cm³/mol. The number of aliphatic hydroxyl groups is 1. The van der Waals surface area contributed by atoms with Gasteiger partial charge in [-0.15, -0.1) is 0 Å². The van der Waals surface area contributed by atoms with Crippen molar-refractivity contribution in [1.29, 1.82) is 0 Å². The zero-order chi connectivity index (χ0) is 19.6. The van der Waals surface area contributed by atoms with E-state index >= 15 is 0 Å². The summed E-state index contributed by atoms with van der Waals surface area (Å²) in [7, 11) is 0. The predicted octanol–water partition coefficient (Wildman–Crippen LogP) is 1.82. The number of likely N-dealkylation sites (tertiary alicyclic amines) is 1. The van der Waals surface area contributed by atoms with Crippen LogP contribution in [0.15, 0.2) is 48.7 Å². The Bertz CT molecular complexity index is 823. The Morgan fingerprint density at radius 1 is 1.14 bits per heavy atom. The molecule has 2 aromatic rings. The molecule has 0 bridgehead atoms. The zero-order valence-corrected chi connectivity index (χ0v) is 16.3. The highest BCUT2D eigenvalue weighted by atomic mass is 16.5. The lowest BCUT2D eigenvalue weighted by molar-refractivity contribution is -0.112. The third-order valence-electron chi connectivity index (χ3n) is 5.97. The number of nitrogens with zero attached hydrogens (tertiary/aromatic N) is 3. The van der Waals surface area contributed by atoms with Crippen LogP contribution in [-0.2, 0) is 10.3 Å². The first-order valence-electron chi connectivity index (χ1n) is 9.90.